The van der Waals surface area contributed by atoms with Gasteiger partial charge in [0.15, 0.2) is 0 Å². The lowest BCUT2D eigenvalue weighted by molar-refractivity contribution is -0.117. The van der Waals surface area contributed by atoms with Crippen LogP contribution in [-0.4, -0.2) is 17.1 Å². The molecule has 1 aromatic carbocycles. The standard InChI is InChI=1S/C14H16BrFN2O2/c15-6-2-1-3-13(19)18-12-8-11-9(7-10(12)16)4-5-14(20)17-11/h7-8H,1-6H2,(H,17,20)(H,18,19). The van der Waals surface area contributed by atoms with Crippen molar-refractivity contribution in [1.82, 2.24) is 0 Å². The molecule has 0 atom stereocenters. The highest BCUT2D eigenvalue weighted by Crippen LogP contribution is 2.28. The number of aryl methyl sites for hydroxylation is 1. The van der Waals surface area contributed by atoms with Gasteiger partial charge in [-0.2, -0.15) is 0 Å². The molecule has 6 heteroatoms. The van der Waals surface area contributed by atoms with E-state index in [0.717, 1.165) is 23.7 Å². The first-order valence-electron chi connectivity index (χ1n) is 6.58. The van der Waals surface area contributed by atoms with Crippen LogP contribution in [0.15, 0.2) is 12.1 Å². The highest BCUT2D eigenvalue weighted by molar-refractivity contribution is 9.09. The number of hydrogen-bond acceptors (Lipinski definition) is 2. The van der Waals surface area contributed by atoms with Crippen molar-refractivity contribution in [2.24, 2.45) is 0 Å². The molecular formula is C14H16BrFN2O2. The number of rotatable bonds is 5. The van der Waals surface area contributed by atoms with E-state index in [9.17, 15) is 14.0 Å². The fraction of sp³-hybridized carbons (Fsp3) is 0.429. The lowest BCUT2D eigenvalue weighted by Crippen LogP contribution is -2.20. The van der Waals surface area contributed by atoms with Gasteiger partial charge in [0.1, 0.15) is 5.82 Å². The van der Waals surface area contributed by atoms with Gasteiger partial charge in [0.2, 0.25) is 11.8 Å². The van der Waals surface area contributed by atoms with Crippen LogP contribution >= 0.6 is 15.9 Å². The first kappa shape index (κ1) is 15.0. The van der Waals surface area contributed by atoms with Gasteiger partial charge in [-0.1, -0.05) is 15.9 Å². The second-order valence-corrected chi connectivity index (χ2v) is 5.52. The second kappa shape index (κ2) is 6.83. The summed E-state index contributed by atoms with van der Waals surface area (Å²) in [6.45, 7) is 0. The average molecular weight is 343 g/mol. The molecule has 1 aromatic rings. The van der Waals surface area contributed by atoms with E-state index in [1.54, 1.807) is 0 Å². The summed E-state index contributed by atoms with van der Waals surface area (Å²) < 4.78 is 13.9. The van der Waals surface area contributed by atoms with Gasteiger partial charge in [-0.3, -0.25) is 9.59 Å². The number of nitrogens with one attached hydrogen (secondary N) is 2. The third kappa shape index (κ3) is 3.79. The molecule has 1 aliphatic heterocycles. The molecule has 0 aromatic heterocycles. The minimum Gasteiger partial charge on any atom is -0.326 e. The second-order valence-electron chi connectivity index (χ2n) is 4.73. The molecule has 0 unspecified atom stereocenters. The van der Waals surface area contributed by atoms with Crippen LogP contribution in [0.25, 0.3) is 0 Å². The Morgan fingerprint density at radius 3 is 2.90 bits per heavy atom. The van der Waals surface area contributed by atoms with Gasteiger partial charge >= 0.3 is 0 Å². The van der Waals surface area contributed by atoms with E-state index in [2.05, 4.69) is 26.6 Å². The predicted octanol–water partition coefficient (Wildman–Crippen LogP) is 3.21. The summed E-state index contributed by atoms with van der Waals surface area (Å²) in [5, 5.41) is 6.09. The summed E-state index contributed by atoms with van der Waals surface area (Å²) in [6.07, 6.45) is 2.90. The van der Waals surface area contributed by atoms with E-state index in [4.69, 9.17) is 0 Å². The molecule has 20 heavy (non-hydrogen) atoms. The number of carbonyl (C=O) groups excluding carboxylic acids is 2. The Morgan fingerprint density at radius 2 is 2.15 bits per heavy atom. The smallest absolute Gasteiger partial charge is 0.224 e. The number of alkyl halides is 1. The average Bonchev–Trinajstić information content (AvgIpc) is 2.40. The molecule has 0 saturated carbocycles. The topological polar surface area (TPSA) is 58.2 Å². The molecule has 0 bridgehead atoms. The van der Waals surface area contributed by atoms with Gasteiger partial charge in [0, 0.05) is 23.9 Å². The quantitative estimate of drug-likeness (QED) is 0.637. The summed E-state index contributed by atoms with van der Waals surface area (Å²) in [5.41, 5.74) is 1.47. The molecule has 1 heterocycles. The summed E-state index contributed by atoms with van der Waals surface area (Å²) in [7, 11) is 0. The number of benzene rings is 1. The number of unbranched alkanes of at least 4 members (excludes halogenated alkanes) is 1. The Morgan fingerprint density at radius 1 is 1.35 bits per heavy atom. The molecule has 1 aliphatic rings. The fourth-order valence-corrected chi connectivity index (χ4v) is 2.48. The van der Waals surface area contributed by atoms with Crippen molar-refractivity contribution in [2.45, 2.75) is 32.1 Å². The lowest BCUT2D eigenvalue weighted by atomic mass is 10.0. The van der Waals surface area contributed by atoms with Gasteiger partial charge in [0.25, 0.3) is 0 Å². The monoisotopic (exact) mass is 342 g/mol. The van der Waals surface area contributed by atoms with E-state index in [-0.39, 0.29) is 17.5 Å². The highest BCUT2D eigenvalue weighted by atomic mass is 79.9. The Kier molecular flexibility index (Phi) is 5.11. The van der Waals surface area contributed by atoms with Crippen LogP contribution in [0.3, 0.4) is 0 Å². The molecule has 0 aliphatic carbocycles. The SMILES string of the molecule is O=C(CCCCBr)Nc1cc2c(cc1F)CCC(=O)N2. The zero-order chi connectivity index (χ0) is 14.5. The van der Waals surface area contributed by atoms with Crippen molar-refractivity contribution in [3.05, 3.63) is 23.5 Å². The summed E-state index contributed by atoms with van der Waals surface area (Å²) in [5.74, 6) is -0.764. The lowest BCUT2D eigenvalue weighted by Gasteiger charge is -2.18. The molecule has 4 nitrogen and oxygen atoms in total. The molecule has 2 rings (SSSR count). The largest absolute Gasteiger partial charge is 0.326 e. The highest BCUT2D eigenvalue weighted by Gasteiger charge is 2.18. The fourth-order valence-electron chi connectivity index (χ4n) is 2.09. The van der Waals surface area contributed by atoms with E-state index < -0.39 is 5.82 Å². The Labute approximate surface area is 125 Å². The Bertz CT molecular complexity index is 534. The van der Waals surface area contributed by atoms with Crippen molar-refractivity contribution in [2.75, 3.05) is 16.0 Å². The molecule has 0 radical (unpaired) electrons. The zero-order valence-electron chi connectivity index (χ0n) is 11.0. The molecule has 2 N–H and O–H groups in total. The number of carbonyl (C=O) groups is 2. The van der Waals surface area contributed by atoms with E-state index >= 15 is 0 Å². The van der Waals surface area contributed by atoms with Crippen LogP contribution in [0.5, 0.6) is 0 Å². The molecule has 0 fully saturated rings. The number of amides is 2. The third-order valence-electron chi connectivity index (χ3n) is 3.15. The summed E-state index contributed by atoms with van der Waals surface area (Å²) >= 11 is 3.29. The summed E-state index contributed by atoms with van der Waals surface area (Å²) in [4.78, 5) is 23.0. The van der Waals surface area contributed by atoms with Gasteiger partial charge < -0.3 is 10.6 Å². The molecule has 0 spiro atoms. The normalized spacial score (nSPS) is 13.6. The van der Waals surface area contributed by atoms with E-state index in [0.29, 0.717) is 24.9 Å². The number of fused-ring (bicyclic) bond motifs is 1. The van der Waals surface area contributed by atoms with Crippen molar-refractivity contribution in [3.63, 3.8) is 0 Å². The Hall–Kier alpha value is -1.43. The maximum Gasteiger partial charge on any atom is 0.224 e. The first-order chi connectivity index (χ1) is 9.60. The van der Waals surface area contributed by atoms with Crippen molar-refractivity contribution >= 4 is 39.1 Å². The van der Waals surface area contributed by atoms with Crippen molar-refractivity contribution in [1.29, 1.82) is 0 Å². The molecule has 2 amide bonds. The number of halogens is 2. The van der Waals surface area contributed by atoms with Gasteiger partial charge in [-0.15, -0.1) is 0 Å². The van der Waals surface area contributed by atoms with Gasteiger partial charge in [0.05, 0.1) is 5.69 Å². The van der Waals surface area contributed by atoms with Crippen LogP contribution in [0.2, 0.25) is 0 Å². The minimum atomic E-state index is -0.464. The van der Waals surface area contributed by atoms with Crippen molar-refractivity contribution in [3.8, 4) is 0 Å². The summed E-state index contributed by atoms with van der Waals surface area (Å²) in [6, 6.07) is 2.87. The van der Waals surface area contributed by atoms with Crippen molar-refractivity contribution < 1.29 is 14.0 Å². The maximum absolute atomic E-state index is 13.9. The number of anilines is 2. The predicted molar refractivity (Wildman–Crippen MR) is 79.6 cm³/mol. The third-order valence-corrected chi connectivity index (χ3v) is 3.71. The zero-order valence-corrected chi connectivity index (χ0v) is 12.6. The van der Waals surface area contributed by atoms with Crippen LogP contribution in [-0.2, 0) is 16.0 Å². The first-order valence-corrected chi connectivity index (χ1v) is 7.70. The molecular weight excluding hydrogens is 327 g/mol. The number of hydrogen-bond donors (Lipinski definition) is 2. The van der Waals surface area contributed by atoms with Gasteiger partial charge in [-0.05, 0) is 37.0 Å². The van der Waals surface area contributed by atoms with Gasteiger partial charge in [-0.25, -0.2) is 4.39 Å². The Balaban J connectivity index is 2.06. The van der Waals surface area contributed by atoms with Crippen LogP contribution in [0, 0.1) is 5.82 Å². The van der Waals surface area contributed by atoms with Crippen LogP contribution < -0.4 is 10.6 Å². The van der Waals surface area contributed by atoms with Crippen LogP contribution in [0.4, 0.5) is 15.8 Å². The molecule has 108 valence electrons. The van der Waals surface area contributed by atoms with Crippen LogP contribution in [0.1, 0.15) is 31.2 Å². The maximum atomic E-state index is 13.9. The minimum absolute atomic E-state index is 0.0845. The van der Waals surface area contributed by atoms with E-state index in [1.165, 1.54) is 12.1 Å². The van der Waals surface area contributed by atoms with E-state index in [1.807, 2.05) is 0 Å². The molecule has 0 saturated heterocycles.